The molecule has 0 saturated carbocycles. The number of carboxylic acid groups (broad SMARTS) is 1. The van der Waals surface area contributed by atoms with Gasteiger partial charge in [-0.15, -0.1) is 11.3 Å². The molecule has 0 atom stereocenters. The third kappa shape index (κ3) is 2.50. The maximum atomic E-state index is 11.4. The number of hydrogen-bond donors (Lipinski definition) is 3. The highest BCUT2D eigenvalue weighted by Gasteiger charge is 2.18. The van der Waals surface area contributed by atoms with Crippen LogP contribution in [0, 0.1) is 6.92 Å². The molecule has 106 valence electrons. The first kappa shape index (κ1) is 13.3. The smallest absolute Gasteiger partial charge is 0.337 e. The normalized spacial score (nSPS) is 10.7. The summed E-state index contributed by atoms with van der Waals surface area (Å²) in [5.74, 6) is -0.840. The van der Waals surface area contributed by atoms with Crippen LogP contribution >= 0.6 is 11.3 Å². The molecule has 0 bridgehead atoms. The summed E-state index contributed by atoms with van der Waals surface area (Å²) in [6.07, 6.45) is 1.54. The van der Waals surface area contributed by atoms with Crippen LogP contribution in [0.3, 0.4) is 0 Å². The summed E-state index contributed by atoms with van der Waals surface area (Å²) in [6, 6.07) is 7.09. The minimum absolute atomic E-state index is 0.146. The van der Waals surface area contributed by atoms with Crippen molar-refractivity contribution in [3.8, 4) is 22.0 Å². The number of anilines is 1. The van der Waals surface area contributed by atoms with Crippen LogP contribution in [0.1, 0.15) is 15.2 Å². The predicted octanol–water partition coefficient (Wildman–Crippen LogP) is 2.79. The second kappa shape index (κ2) is 5.02. The van der Waals surface area contributed by atoms with Crippen molar-refractivity contribution in [1.82, 2.24) is 15.0 Å². The van der Waals surface area contributed by atoms with Crippen LogP contribution in [0.15, 0.2) is 30.5 Å². The summed E-state index contributed by atoms with van der Waals surface area (Å²) >= 11 is 1.53. The molecule has 0 radical (unpaired) electrons. The number of nitrogens with two attached hydrogens (primary N) is 1. The molecule has 0 aliphatic carbocycles. The zero-order chi connectivity index (χ0) is 15.0. The summed E-state index contributed by atoms with van der Waals surface area (Å²) in [5.41, 5.74) is 7.51. The lowest BCUT2D eigenvalue weighted by atomic mass is 10.2. The molecule has 0 unspecified atom stereocenters. The number of nitrogens with zero attached hydrogens (tertiary/aromatic N) is 2. The molecule has 0 fully saturated rings. The van der Waals surface area contributed by atoms with Gasteiger partial charge in [0.25, 0.3) is 0 Å². The van der Waals surface area contributed by atoms with Crippen molar-refractivity contribution < 1.29 is 9.90 Å². The standard InChI is InChI=1S/C14H12N4O2S/c1-7-2-3-11(21-7)12-8(13(19)20)6-10(17-12)9-4-5-16-14(15)18-9/h2-6,17H,1H3,(H,19,20)(H2,15,16,18). The number of carbonyl (C=O) groups is 1. The molecule has 6 nitrogen and oxygen atoms in total. The van der Waals surface area contributed by atoms with Crippen LogP contribution in [0.4, 0.5) is 5.95 Å². The number of thiophene rings is 1. The van der Waals surface area contributed by atoms with E-state index in [1.54, 1.807) is 12.1 Å². The summed E-state index contributed by atoms with van der Waals surface area (Å²) in [6.45, 7) is 1.98. The SMILES string of the molecule is Cc1ccc(-c2[nH]c(-c3ccnc(N)n3)cc2C(=O)O)s1. The maximum absolute atomic E-state index is 11.4. The molecule has 3 heterocycles. The fraction of sp³-hybridized carbons (Fsp3) is 0.0714. The Morgan fingerprint density at radius 2 is 2.19 bits per heavy atom. The molecule has 0 saturated heterocycles. The lowest BCUT2D eigenvalue weighted by Gasteiger charge is -1.98. The van der Waals surface area contributed by atoms with Gasteiger partial charge < -0.3 is 15.8 Å². The van der Waals surface area contributed by atoms with Crippen molar-refractivity contribution in [1.29, 1.82) is 0 Å². The van der Waals surface area contributed by atoms with Crippen LogP contribution in [0.5, 0.6) is 0 Å². The third-order valence-electron chi connectivity index (χ3n) is 2.99. The molecule has 7 heteroatoms. The Bertz CT molecular complexity index is 822. The van der Waals surface area contributed by atoms with Crippen molar-refractivity contribution in [3.63, 3.8) is 0 Å². The predicted molar refractivity (Wildman–Crippen MR) is 81.2 cm³/mol. The lowest BCUT2D eigenvalue weighted by molar-refractivity contribution is 0.0698. The second-order valence-corrected chi connectivity index (χ2v) is 5.78. The highest BCUT2D eigenvalue weighted by molar-refractivity contribution is 7.15. The number of hydrogen-bond acceptors (Lipinski definition) is 5. The molecule has 3 rings (SSSR count). The lowest BCUT2D eigenvalue weighted by Crippen LogP contribution is -1.95. The highest BCUT2D eigenvalue weighted by Crippen LogP contribution is 2.32. The Morgan fingerprint density at radius 1 is 1.38 bits per heavy atom. The number of aromatic carboxylic acids is 1. The number of rotatable bonds is 3. The van der Waals surface area contributed by atoms with Crippen molar-refractivity contribution in [2.45, 2.75) is 6.92 Å². The molecule has 0 aromatic carbocycles. The van der Waals surface area contributed by atoms with E-state index in [0.717, 1.165) is 9.75 Å². The van der Waals surface area contributed by atoms with Gasteiger partial charge in [0.2, 0.25) is 5.95 Å². The maximum Gasteiger partial charge on any atom is 0.337 e. The van der Waals surface area contributed by atoms with E-state index in [9.17, 15) is 9.90 Å². The van der Waals surface area contributed by atoms with E-state index in [0.29, 0.717) is 17.1 Å². The van der Waals surface area contributed by atoms with Gasteiger partial charge in [-0.25, -0.2) is 14.8 Å². The summed E-state index contributed by atoms with van der Waals surface area (Å²) in [5, 5.41) is 9.38. The molecule has 0 aliphatic heterocycles. The van der Waals surface area contributed by atoms with Gasteiger partial charge in [0, 0.05) is 11.1 Å². The van der Waals surface area contributed by atoms with E-state index in [-0.39, 0.29) is 11.5 Å². The minimum atomic E-state index is -0.986. The number of aryl methyl sites for hydroxylation is 1. The number of nitrogen functional groups attached to an aromatic ring is 1. The van der Waals surface area contributed by atoms with Crippen molar-refractivity contribution >= 4 is 23.3 Å². The van der Waals surface area contributed by atoms with Crippen LogP contribution < -0.4 is 5.73 Å². The number of carboxylic acids is 1. The monoisotopic (exact) mass is 300 g/mol. The van der Waals surface area contributed by atoms with Gasteiger partial charge in [-0.05, 0) is 31.2 Å². The van der Waals surface area contributed by atoms with E-state index < -0.39 is 5.97 Å². The van der Waals surface area contributed by atoms with Crippen molar-refractivity contribution in [2.24, 2.45) is 0 Å². The molecule has 0 amide bonds. The Hall–Kier alpha value is -2.67. The van der Waals surface area contributed by atoms with E-state index in [1.165, 1.54) is 17.5 Å². The zero-order valence-corrected chi connectivity index (χ0v) is 11.9. The topological polar surface area (TPSA) is 105 Å². The molecule has 21 heavy (non-hydrogen) atoms. The van der Waals surface area contributed by atoms with Gasteiger partial charge in [0.05, 0.1) is 27.5 Å². The van der Waals surface area contributed by atoms with Gasteiger partial charge in [0.1, 0.15) is 0 Å². The van der Waals surface area contributed by atoms with Gasteiger partial charge >= 0.3 is 5.97 Å². The molecular weight excluding hydrogens is 288 g/mol. The second-order valence-electron chi connectivity index (χ2n) is 4.49. The van der Waals surface area contributed by atoms with E-state index in [2.05, 4.69) is 15.0 Å². The number of aromatic amines is 1. The molecule has 3 aromatic rings. The molecule has 3 aromatic heterocycles. The van der Waals surface area contributed by atoms with E-state index >= 15 is 0 Å². The fourth-order valence-corrected chi connectivity index (χ4v) is 2.93. The number of aromatic nitrogens is 3. The quantitative estimate of drug-likeness (QED) is 0.689. The average molecular weight is 300 g/mol. The zero-order valence-electron chi connectivity index (χ0n) is 11.1. The third-order valence-corrected chi connectivity index (χ3v) is 4.00. The summed E-state index contributed by atoms with van der Waals surface area (Å²) in [4.78, 5) is 24.5. The van der Waals surface area contributed by atoms with Gasteiger partial charge in [-0.3, -0.25) is 0 Å². The van der Waals surface area contributed by atoms with Crippen molar-refractivity contribution in [2.75, 3.05) is 5.73 Å². The first-order valence-electron chi connectivity index (χ1n) is 6.16. The first-order chi connectivity index (χ1) is 10.0. The average Bonchev–Trinajstić information content (AvgIpc) is 3.04. The van der Waals surface area contributed by atoms with E-state index in [1.807, 2.05) is 19.1 Å². The van der Waals surface area contributed by atoms with Crippen LogP contribution in [-0.2, 0) is 0 Å². The van der Waals surface area contributed by atoms with Crippen LogP contribution in [-0.4, -0.2) is 26.0 Å². The number of nitrogens with one attached hydrogen (secondary N) is 1. The van der Waals surface area contributed by atoms with Crippen LogP contribution in [0.2, 0.25) is 0 Å². The van der Waals surface area contributed by atoms with E-state index in [4.69, 9.17) is 5.73 Å². The molecular formula is C14H12N4O2S. The summed E-state index contributed by atoms with van der Waals surface area (Å²) < 4.78 is 0. The van der Waals surface area contributed by atoms with Crippen molar-refractivity contribution in [3.05, 3.63) is 40.9 Å². The summed E-state index contributed by atoms with van der Waals surface area (Å²) in [7, 11) is 0. The molecule has 0 spiro atoms. The highest BCUT2D eigenvalue weighted by atomic mass is 32.1. The Balaban J connectivity index is 2.15. The Labute approximate surface area is 124 Å². The van der Waals surface area contributed by atoms with Gasteiger partial charge in [-0.1, -0.05) is 0 Å². The Kier molecular flexibility index (Phi) is 3.19. The Morgan fingerprint density at radius 3 is 2.81 bits per heavy atom. The molecule has 4 N–H and O–H groups in total. The van der Waals surface area contributed by atoms with Gasteiger partial charge in [-0.2, -0.15) is 0 Å². The molecule has 0 aliphatic rings. The number of H-pyrrole nitrogens is 1. The first-order valence-corrected chi connectivity index (χ1v) is 6.98. The minimum Gasteiger partial charge on any atom is -0.478 e. The van der Waals surface area contributed by atoms with Gasteiger partial charge in [0.15, 0.2) is 0 Å². The largest absolute Gasteiger partial charge is 0.478 e. The van der Waals surface area contributed by atoms with Crippen LogP contribution in [0.25, 0.3) is 22.0 Å². The fourth-order valence-electron chi connectivity index (χ4n) is 2.05.